The largest absolute Gasteiger partial charge is 0.394 e. The van der Waals surface area contributed by atoms with Crippen molar-refractivity contribution in [1.82, 2.24) is 0 Å². The molecule has 5 N–H and O–H groups in total. The van der Waals surface area contributed by atoms with Gasteiger partial charge in [-0.3, -0.25) is 0 Å². The van der Waals surface area contributed by atoms with Gasteiger partial charge in [-0.25, -0.2) is 0 Å². The second-order valence-corrected chi connectivity index (χ2v) is 2.30. The highest BCUT2D eigenvalue weighted by molar-refractivity contribution is 4.86. The molecule has 1 saturated heterocycles. The number of nitrogens with two attached hydrogens (primary N) is 1. The number of aliphatic hydroxyl groups is 3. The molecule has 0 saturated carbocycles. The Kier molecular flexibility index (Phi) is 2.22. The van der Waals surface area contributed by atoms with Gasteiger partial charge in [0.2, 0.25) is 0 Å². The second-order valence-electron chi connectivity index (χ2n) is 2.30. The van der Waals surface area contributed by atoms with E-state index in [9.17, 15) is 0 Å². The van der Waals surface area contributed by atoms with Gasteiger partial charge in [-0.05, 0) is 0 Å². The van der Waals surface area contributed by atoms with E-state index in [0.717, 1.165) is 0 Å². The van der Waals surface area contributed by atoms with Crippen LogP contribution in [0.3, 0.4) is 0 Å². The Morgan fingerprint density at radius 3 is 2.10 bits per heavy atom. The van der Waals surface area contributed by atoms with Gasteiger partial charge < -0.3 is 25.8 Å². The lowest BCUT2D eigenvalue weighted by Crippen LogP contribution is -2.37. The van der Waals surface area contributed by atoms with Crippen LogP contribution in [-0.2, 0) is 4.74 Å². The van der Waals surface area contributed by atoms with Crippen LogP contribution in [0.1, 0.15) is 0 Å². The zero-order chi connectivity index (χ0) is 7.72. The smallest absolute Gasteiger partial charge is 0.135 e. The zero-order valence-electron chi connectivity index (χ0n) is 5.34. The molecule has 0 spiro atoms. The fourth-order valence-electron chi connectivity index (χ4n) is 0.928. The van der Waals surface area contributed by atoms with E-state index in [4.69, 9.17) is 25.8 Å². The van der Waals surface area contributed by atoms with Gasteiger partial charge in [0.05, 0.1) is 6.61 Å². The Bertz CT molecular complexity index is 120. The first-order valence-corrected chi connectivity index (χ1v) is 3.05. The van der Waals surface area contributed by atoms with E-state index >= 15 is 0 Å². The van der Waals surface area contributed by atoms with Crippen molar-refractivity contribution >= 4 is 0 Å². The number of rotatable bonds is 1. The predicted molar refractivity (Wildman–Crippen MR) is 31.9 cm³/mol. The van der Waals surface area contributed by atoms with Crippen LogP contribution in [0.4, 0.5) is 0 Å². The van der Waals surface area contributed by atoms with Crippen molar-refractivity contribution in [2.75, 3.05) is 6.61 Å². The van der Waals surface area contributed by atoms with Gasteiger partial charge in [0.25, 0.3) is 0 Å². The SMILES string of the molecule is N[C@@H]1O[C@H](CO)[C@H](O)[C@@H]1O. The summed E-state index contributed by atoms with van der Waals surface area (Å²) < 4.78 is 4.76. The van der Waals surface area contributed by atoms with Gasteiger partial charge in [-0.2, -0.15) is 0 Å². The van der Waals surface area contributed by atoms with Crippen molar-refractivity contribution < 1.29 is 20.1 Å². The minimum atomic E-state index is -1.09. The predicted octanol–water partition coefficient (Wildman–Crippen LogP) is -2.62. The molecular formula is C5H11NO4. The Labute approximate surface area is 58.0 Å². The highest BCUT2D eigenvalue weighted by Gasteiger charge is 2.39. The summed E-state index contributed by atoms with van der Waals surface area (Å²) in [6.45, 7) is -0.327. The maximum Gasteiger partial charge on any atom is 0.135 e. The first-order valence-electron chi connectivity index (χ1n) is 3.05. The molecule has 1 heterocycles. The maximum atomic E-state index is 9.01. The van der Waals surface area contributed by atoms with Crippen LogP contribution in [0.25, 0.3) is 0 Å². The monoisotopic (exact) mass is 149 g/mol. The summed E-state index contributed by atoms with van der Waals surface area (Å²) >= 11 is 0. The van der Waals surface area contributed by atoms with Gasteiger partial charge in [-0.15, -0.1) is 0 Å². The van der Waals surface area contributed by atoms with Crippen LogP contribution in [0.15, 0.2) is 0 Å². The van der Waals surface area contributed by atoms with Gasteiger partial charge >= 0.3 is 0 Å². The van der Waals surface area contributed by atoms with E-state index in [1.165, 1.54) is 0 Å². The third-order valence-electron chi connectivity index (χ3n) is 1.58. The summed E-state index contributed by atoms with van der Waals surface area (Å²) in [4.78, 5) is 0. The Morgan fingerprint density at radius 2 is 1.90 bits per heavy atom. The Hall–Kier alpha value is -0.200. The topological polar surface area (TPSA) is 95.9 Å². The zero-order valence-corrected chi connectivity index (χ0v) is 5.34. The lowest BCUT2D eigenvalue weighted by Gasteiger charge is -2.09. The average Bonchev–Trinajstić information content (AvgIpc) is 2.17. The fraction of sp³-hybridized carbons (Fsp3) is 1.00. The van der Waals surface area contributed by atoms with E-state index in [-0.39, 0.29) is 6.61 Å². The van der Waals surface area contributed by atoms with Crippen LogP contribution >= 0.6 is 0 Å². The molecule has 0 amide bonds. The minimum Gasteiger partial charge on any atom is -0.394 e. The van der Waals surface area contributed by atoms with Crippen molar-refractivity contribution in [2.45, 2.75) is 24.5 Å². The van der Waals surface area contributed by atoms with E-state index in [0.29, 0.717) is 0 Å². The molecule has 0 unspecified atom stereocenters. The van der Waals surface area contributed by atoms with Crippen LogP contribution in [-0.4, -0.2) is 46.5 Å². The molecule has 0 bridgehead atoms. The molecule has 0 aliphatic carbocycles. The third kappa shape index (κ3) is 1.14. The highest BCUT2D eigenvalue weighted by Crippen LogP contribution is 2.16. The summed E-state index contributed by atoms with van der Waals surface area (Å²) in [6.07, 6.45) is -3.78. The Morgan fingerprint density at radius 1 is 1.30 bits per heavy atom. The van der Waals surface area contributed by atoms with Crippen molar-refractivity contribution in [3.63, 3.8) is 0 Å². The lowest BCUT2D eigenvalue weighted by atomic mass is 10.1. The Balaban J connectivity index is 2.53. The highest BCUT2D eigenvalue weighted by atomic mass is 16.6. The molecule has 60 valence electrons. The number of ether oxygens (including phenoxy) is 1. The molecule has 5 heteroatoms. The number of aliphatic hydroxyl groups excluding tert-OH is 3. The summed E-state index contributed by atoms with van der Waals surface area (Å²) in [5, 5.41) is 26.5. The minimum absolute atomic E-state index is 0.327. The molecule has 1 aliphatic rings. The van der Waals surface area contributed by atoms with Gasteiger partial charge in [0, 0.05) is 0 Å². The number of hydrogen-bond donors (Lipinski definition) is 4. The molecule has 4 atom stereocenters. The van der Waals surface area contributed by atoms with Crippen LogP contribution in [0.2, 0.25) is 0 Å². The molecule has 0 radical (unpaired) electrons. The molecule has 0 aromatic heterocycles. The fourth-order valence-corrected chi connectivity index (χ4v) is 0.928. The quantitative estimate of drug-likeness (QED) is 0.327. The number of hydrogen-bond acceptors (Lipinski definition) is 5. The first-order chi connectivity index (χ1) is 4.66. The maximum absolute atomic E-state index is 9.01. The summed E-state index contributed by atoms with van der Waals surface area (Å²) in [6, 6.07) is 0. The molecule has 1 aliphatic heterocycles. The van der Waals surface area contributed by atoms with Crippen molar-refractivity contribution in [2.24, 2.45) is 5.73 Å². The van der Waals surface area contributed by atoms with E-state index in [2.05, 4.69) is 0 Å². The van der Waals surface area contributed by atoms with Crippen LogP contribution in [0.5, 0.6) is 0 Å². The van der Waals surface area contributed by atoms with Crippen molar-refractivity contribution in [3.05, 3.63) is 0 Å². The summed E-state index contributed by atoms with van der Waals surface area (Å²) in [7, 11) is 0. The average molecular weight is 149 g/mol. The van der Waals surface area contributed by atoms with Crippen LogP contribution in [0, 0.1) is 0 Å². The van der Waals surface area contributed by atoms with Crippen LogP contribution < -0.4 is 5.73 Å². The summed E-state index contributed by atoms with van der Waals surface area (Å²) in [5.74, 6) is 0. The molecule has 0 aromatic rings. The van der Waals surface area contributed by atoms with Gasteiger partial charge in [-0.1, -0.05) is 0 Å². The molecular weight excluding hydrogens is 138 g/mol. The first kappa shape index (κ1) is 7.90. The van der Waals surface area contributed by atoms with E-state index in [1.54, 1.807) is 0 Å². The van der Waals surface area contributed by atoms with Gasteiger partial charge in [0.1, 0.15) is 24.5 Å². The van der Waals surface area contributed by atoms with E-state index < -0.39 is 24.5 Å². The second kappa shape index (κ2) is 2.81. The van der Waals surface area contributed by atoms with Gasteiger partial charge in [0.15, 0.2) is 0 Å². The molecule has 1 fully saturated rings. The molecule has 0 aromatic carbocycles. The summed E-state index contributed by atoms with van der Waals surface area (Å²) in [5.41, 5.74) is 5.19. The molecule has 5 nitrogen and oxygen atoms in total. The third-order valence-corrected chi connectivity index (χ3v) is 1.58. The van der Waals surface area contributed by atoms with Crippen molar-refractivity contribution in [1.29, 1.82) is 0 Å². The molecule has 10 heavy (non-hydrogen) atoms. The van der Waals surface area contributed by atoms with Crippen molar-refractivity contribution in [3.8, 4) is 0 Å². The molecule has 1 rings (SSSR count). The normalized spacial score (nSPS) is 48.0. The lowest BCUT2D eigenvalue weighted by molar-refractivity contribution is -0.0200. The van der Waals surface area contributed by atoms with E-state index in [1.807, 2.05) is 0 Å². The standard InChI is InChI=1S/C5H11NO4/c6-5-4(9)3(8)2(1-7)10-5/h2-5,7-9H,1,6H2/t2-,3+,4+,5-/m1/s1.